The highest BCUT2D eigenvalue weighted by molar-refractivity contribution is 6.05. The van der Waals surface area contributed by atoms with Crippen molar-refractivity contribution in [3.63, 3.8) is 0 Å². The molecule has 4 heteroatoms. The number of carbonyl (C=O) groups is 2. The molecule has 2 N–H and O–H groups in total. The van der Waals surface area contributed by atoms with Gasteiger partial charge in [0.05, 0.1) is 0 Å². The minimum absolute atomic E-state index is 0.191. The van der Waals surface area contributed by atoms with Crippen molar-refractivity contribution in [3.05, 3.63) is 0 Å². The van der Waals surface area contributed by atoms with Crippen LogP contribution < -0.4 is 10.9 Å². The predicted octanol–water partition coefficient (Wildman–Crippen LogP) is -0.0462. The Morgan fingerprint density at radius 3 is 2.27 bits per heavy atom. The molecule has 0 aliphatic carbocycles. The topological polar surface area (TPSA) is 58.2 Å². The first-order chi connectivity index (χ1) is 5.25. The van der Waals surface area contributed by atoms with Crippen LogP contribution in [0, 0.1) is 5.92 Å². The van der Waals surface area contributed by atoms with Crippen LogP contribution >= 0.6 is 0 Å². The van der Waals surface area contributed by atoms with Gasteiger partial charge in [-0.05, 0) is 6.42 Å². The van der Waals surface area contributed by atoms with E-state index in [1.54, 1.807) is 0 Å². The largest absolute Gasteiger partial charge is 0.272 e. The van der Waals surface area contributed by atoms with E-state index in [0.717, 1.165) is 12.8 Å². The number of carbonyl (C=O) groups excluding carboxylic acids is 2. The highest BCUT2D eigenvalue weighted by Crippen LogP contribution is 2.11. The molecule has 2 amide bonds. The van der Waals surface area contributed by atoms with Crippen LogP contribution in [0.4, 0.5) is 0 Å². The molecule has 0 aromatic rings. The first-order valence-electron chi connectivity index (χ1n) is 3.85. The molecule has 0 radical (unpaired) electrons. The summed E-state index contributed by atoms with van der Waals surface area (Å²) < 4.78 is 0. The van der Waals surface area contributed by atoms with Crippen molar-refractivity contribution in [2.24, 2.45) is 5.92 Å². The van der Waals surface area contributed by atoms with E-state index in [9.17, 15) is 9.59 Å². The smallest absolute Gasteiger partial charge is 0.251 e. The van der Waals surface area contributed by atoms with Crippen LogP contribution in [0.5, 0.6) is 0 Å². The van der Waals surface area contributed by atoms with E-state index in [1.165, 1.54) is 0 Å². The predicted molar refractivity (Wildman–Crippen MR) is 39.3 cm³/mol. The van der Waals surface area contributed by atoms with Crippen LogP contribution in [0.1, 0.15) is 26.2 Å². The molecule has 0 aromatic carbocycles. The van der Waals surface area contributed by atoms with Crippen molar-refractivity contribution in [2.75, 3.05) is 0 Å². The molecule has 1 heterocycles. The van der Waals surface area contributed by atoms with E-state index in [4.69, 9.17) is 0 Å². The maximum Gasteiger partial charge on any atom is 0.251 e. The zero-order valence-electron chi connectivity index (χ0n) is 6.52. The minimum Gasteiger partial charge on any atom is -0.272 e. The highest BCUT2D eigenvalue weighted by atomic mass is 16.2. The highest BCUT2D eigenvalue weighted by Gasteiger charge is 2.31. The second kappa shape index (κ2) is 3.37. The lowest BCUT2D eigenvalue weighted by Gasteiger charge is -2.00. The summed E-state index contributed by atoms with van der Waals surface area (Å²) in [5.41, 5.74) is 4.58. The Morgan fingerprint density at radius 1 is 1.27 bits per heavy atom. The summed E-state index contributed by atoms with van der Waals surface area (Å²) >= 11 is 0. The van der Waals surface area contributed by atoms with E-state index in [-0.39, 0.29) is 11.8 Å². The van der Waals surface area contributed by atoms with Gasteiger partial charge in [-0.3, -0.25) is 20.4 Å². The van der Waals surface area contributed by atoms with Crippen LogP contribution in [0.3, 0.4) is 0 Å². The summed E-state index contributed by atoms with van der Waals surface area (Å²) in [7, 11) is 0. The van der Waals surface area contributed by atoms with Crippen molar-refractivity contribution in [2.45, 2.75) is 26.2 Å². The van der Waals surface area contributed by atoms with Crippen molar-refractivity contribution in [3.8, 4) is 0 Å². The summed E-state index contributed by atoms with van der Waals surface area (Å²) in [6, 6.07) is 0. The van der Waals surface area contributed by atoms with Gasteiger partial charge in [0.2, 0.25) is 0 Å². The molecule has 0 saturated carbocycles. The van der Waals surface area contributed by atoms with Gasteiger partial charge in [-0.25, -0.2) is 0 Å². The van der Waals surface area contributed by atoms with Crippen LogP contribution in [-0.4, -0.2) is 11.8 Å². The zero-order chi connectivity index (χ0) is 8.27. The third-order valence-electron chi connectivity index (χ3n) is 1.79. The summed E-state index contributed by atoms with van der Waals surface area (Å²) in [6.07, 6.45) is 2.59. The lowest BCUT2D eigenvalue weighted by molar-refractivity contribution is -0.128. The Balaban J connectivity index is 2.41. The fraction of sp³-hybridized carbons (Fsp3) is 0.714. The average Bonchev–Trinajstić information content (AvgIpc) is 2.29. The van der Waals surface area contributed by atoms with Gasteiger partial charge in [0, 0.05) is 0 Å². The van der Waals surface area contributed by atoms with E-state index in [0.29, 0.717) is 6.42 Å². The Kier molecular flexibility index (Phi) is 2.46. The number of hydrogen-bond donors (Lipinski definition) is 2. The van der Waals surface area contributed by atoms with E-state index in [1.807, 2.05) is 6.92 Å². The van der Waals surface area contributed by atoms with E-state index in [2.05, 4.69) is 10.9 Å². The lowest BCUT2D eigenvalue weighted by Crippen LogP contribution is -2.28. The van der Waals surface area contributed by atoms with Gasteiger partial charge < -0.3 is 0 Å². The summed E-state index contributed by atoms with van der Waals surface area (Å²) in [5, 5.41) is 0. The van der Waals surface area contributed by atoms with Crippen LogP contribution in [0.2, 0.25) is 0 Å². The molecule has 0 bridgehead atoms. The number of hydrazine groups is 1. The molecule has 0 spiro atoms. The van der Waals surface area contributed by atoms with Gasteiger partial charge >= 0.3 is 0 Å². The number of amides is 2. The molecular formula is C7H12N2O2. The standard InChI is InChI=1S/C7H12N2O2/c1-2-3-4-5-6(10)8-9-7(5)11/h5H,2-4H2,1H3,(H,8,10)(H,9,11). The maximum atomic E-state index is 10.9. The second-order valence-electron chi connectivity index (χ2n) is 2.67. The van der Waals surface area contributed by atoms with Crippen LogP contribution in [-0.2, 0) is 9.59 Å². The number of unbranched alkanes of at least 4 members (excludes halogenated alkanes) is 1. The van der Waals surface area contributed by atoms with Gasteiger partial charge in [-0.2, -0.15) is 0 Å². The Hall–Kier alpha value is -1.06. The lowest BCUT2D eigenvalue weighted by atomic mass is 10.0. The quantitative estimate of drug-likeness (QED) is 0.563. The van der Waals surface area contributed by atoms with Gasteiger partial charge in [-0.1, -0.05) is 19.8 Å². The molecule has 0 aromatic heterocycles. The first-order valence-corrected chi connectivity index (χ1v) is 3.85. The normalized spacial score (nSPS) is 18.3. The molecule has 1 saturated heterocycles. The molecule has 62 valence electrons. The maximum absolute atomic E-state index is 10.9. The van der Waals surface area contributed by atoms with Gasteiger partial charge in [0.1, 0.15) is 5.92 Å². The molecule has 0 atom stereocenters. The van der Waals surface area contributed by atoms with Crippen molar-refractivity contribution >= 4 is 11.8 Å². The molecule has 1 aliphatic rings. The second-order valence-corrected chi connectivity index (χ2v) is 2.67. The fourth-order valence-electron chi connectivity index (χ4n) is 1.09. The summed E-state index contributed by atoms with van der Waals surface area (Å²) in [4.78, 5) is 21.8. The van der Waals surface area contributed by atoms with Crippen LogP contribution in [0.15, 0.2) is 0 Å². The molecule has 0 unspecified atom stereocenters. The SMILES string of the molecule is CCCCC1C(=O)NNC1=O. The fourth-order valence-corrected chi connectivity index (χ4v) is 1.09. The number of rotatable bonds is 3. The first kappa shape index (κ1) is 8.04. The van der Waals surface area contributed by atoms with Crippen molar-refractivity contribution in [1.29, 1.82) is 0 Å². The average molecular weight is 156 g/mol. The molecule has 11 heavy (non-hydrogen) atoms. The van der Waals surface area contributed by atoms with E-state index >= 15 is 0 Å². The van der Waals surface area contributed by atoms with Gasteiger partial charge in [0.15, 0.2) is 0 Å². The van der Waals surface area contributed by atoms with Gasteiger partial charge in [-0.15, -0.1) is 0 Å². The van der Waals surface area contributed by atoms with Crippen LogP contribution in [0.25, 0.3) is 0 Å². The Labute approximate surface area is 65.3 Å². The molecule has 1 aliphatic heterocycles. The third kappa shape index (κ3) is 1.69. The van der Waals surface area contributed by atoms with Crippen molar-refractivity contribution in [1.82, 2.24) is 10.9 Å². The van der Waals surface area contributed by atoms with Crippen molar-refractivity contribution < 1.29 is 9.59 Å². The Bertz CT molecular complexity index is 163. The third-order valence-corrected chi connectivity index (χ3v) is 1.79. The number of nitrogens with one attached hydrogen (secondary N) is 2. The minimum atomic E-state index is -0.449. The zero-order valence-corrected chi connectivity index (χ0v) is 6.52. The molecular weight excluding hydrogens is 144 g/mol. The summed E-state index contributed by atoms with van der Waals surface area (Å²) in [6.45, 7) is 2.03. The molecule has 1 rings (SSSR count). The Morgan fingerprint density at radius 2 is 1.82 bits per heavy atom. The van der Waals surface area contributed by atoms with E-state index < -0.39 is 5.92 Å². The van der Waals surface area contributed by atoms with Gasteiger partial charge in [0.25, 0.3) is 11.8 Å². The number of hydrogen-bond acceptors (Lipinski definition) is 2. The molecule has 4 nitrogen and oxygen atoms in total. The molecule has 1 fully saturated rings. The summed E-state index contributed by atoms with van der Waals surface area (Å²) in [5.74, 6) is -0.832. The monoisotopic (exact) mass is 156 g/mol.